The second kappa shape index (κ2) is 8.22. The van der Waals surface area contributed by atoms with Crippen molar-refractivity contribution in [3.05, 3.63) is 99.9 Å². The molecule has 2 aromatic carbocycles. The number of rotatable bonds is 4. The Morgan fingerprint density at radius 1 is 0.857 bits per heavy atom. The predicted molar refractivity (Wildman–Crippen MR) is 108 cm³/mol. The molecule has 1 aliphatic rings. The van der Waals surface area contributed by atoms with Gasteiger partial charge >= 0.3 is 12.4 Å². The van der Waals surface area contributed by atoms with Gasteiger partial charge in [-0.3, -0.25) is 24.3 Å². The Kier molecular flexibility index (Phi) is 5.62. The molecule has 12 heteroatoms. The molecule has 0 saturated heterocycles. The third kappa shape index (κ3) is 4.22. The number of imide groups is 1. The first-order valence-electron chi connectivity index (χ1n) is 9.81. The lowest BCUT2D eigenvalue weighted by Crippen LogP contribution is -2.36. The van der Waals surface area contributed by atoms with Crippen molar-refractivity contribution in [1.29, 1.82) is 0 Å². The van der Waals surface area contributed by atoms with Crippen LogP contribution in [0.4, 0.5) is 26.3 Å². The quantitative estimate of drug-likeness (QED) is 0.425. The van der Waals surface area contributed by atoms with Crippen LogP contribution < -0.4 is 5.73 Å². The lowest BCUT2D eigenvalue weighted by atomic mass is 9.96. The van der Waals surface area contributed by atoms with Crippen LogP contribution in [0.2, 0.25) is 0 Å². The Balaban J connectivity index is 1.92. The van der Waals surface area contributed by atoms with Crippen LogP contribution in [-0.4, -0.2) is 27.6 Å². The molecule has 180 valence electrons. The van der Waals surface area contributed by atoms with Gasteiger partial charge in [-0.2, -0.15) is 26.3 Å². The fourth-order valence-electron chi connectivity index (χ4n) is 3.81. The molecule has 2 N–H and O–H groups in total. The summed E-state index contributed by atoms with van der Waals surface area (Å²) in [6.07, 6.45) is -8.67. The molecule has 0 fully saturated rings. The molecule has 6 nitrogen and oxygen atoms in total. The number of amides is 3. The van der Waals surface area contributed by atoms with Crippen LogP contribution in [0.25, 0.3) is 0 Å². The average Bonchev–Trinajstić information content (AvgIpc) is 3.03. The molecule has 3 amide bonds. The number of benzene rings is 2. The molecule has 4 rings (SSSR count). The van der Waals surface area contributed by atoms with E-state index >= 15 is 0 Å². The summed E-state index contributed by atoms with van der Waals surface area (Å²) in [5.74, 6) is -2.98. The lowest BCUT2D eigenvalue weighted by Gasteiger charge is -2.28. The lowest BCUT2D eigenvalue weighted by molar-refractivity contribution is -0.139. The molecule has 0 saturated carbocycles. The number of pyridine rings is 1. The molecular weight excluding hydrogens is 480 g/mol. The molecule has 0 unspecified atom stereocenters. The topological polar surface area (TPSA) is 93.4 Å². The van der Waals surface area contributed by atoms with Crippen LogP contribution in [0.1, 0.15) is 59.5 Å². The van der Waals surface area contributed by atoms with E-state index in [2.05, 4.69) is 4.98 Å². The summed E-state index contributed by atoms with van der Waals surface area (Å²) in [6, 6.07) is 6.20. The zero-order valence-electron chi connectivity index (χ0n) is 17.3. The molecule has 0 radical (unpaired) electrons. The van der Waals surface area contributed by atoms with E-state index in [0.29, 0.717) is 23.1 Å². The summed E-state index contributed by atoms with van der Waals surface area (Å²) in [4.78, 5) is 42.1. The van der Waals surface area contributed by atoms with Crippen molar-refractivity contribution in [3.8, 4) is 0 Å². The standard InChI is InChI=1S/C23H13F6N3O3/c24-22(25,26)13-6-3-11(4-7-13)18(17-16(23(27,28)29)2-1-9-31-17)32-20(34)14-8-5-12(19(30)33)10-15(14)21(32)35/h1-10,18H,(H2,30,33)/t18-/m0/s1. The van der Waals surface area contributed by atoms with Gasteiger partial charge in [-0.1, -0.05) is 12.1 Å². The summed E-state index contributed by atoms with van der Waals surface area (Å²) in [6.45, 7) is 0. The molecule has 1 aromatic heterocycles. The van der Waals surface area contributed by atoms with Crippen LogP contribution >= 0.6 is 0 Å². The number of nitrogens with zero attached hydrogens (tertiary/aromatic N) is 2. The highest BCUT2D eigenvalue weighted by Gasteiger charge is 2.45. The Bertz CT molecular complexity index is 1350. The molecular formula is C23H13F6N3O3. The Labute approximate surface area is 193 Å². The maximum Gasteiger partial charge on any atom is 0.418 e. The minimum Gasteiger partial charge on any atom is -0.366 e. The van der Waals surface area contributed by atoms with Crippen molar-refractivity contribution in [2.24, 2.45) is 5.73 Å². The number of primary amides is 1. The van der Waals surface area contributed by atoms with E-state index in [0.717, 1.165) is 36.5 Å². The van der Waals surface area contributed by atoms with E-state index in [-0.39, 0.29) is 22.3 Å². The number of hydrogen-bond donors (Lipinski definition) is 1. The summed E-state index contributed by atoms with van der Waals surface area (Å²) in [5.41, 5.74) is 1.26. The molecule has 2 heterocycles. The molecule has 35 heavy (non-hydrogen) atoms. The van der Waals surface area contributed by atoms with Crippen LogP contribution in [0.5, 0.6) is 0 Å². The number of carbonyl (C=O) groups is 3. The third-order valence-corrected chi connectivity index (χ3v) is 5.42. The van der Waals surface area contributed by atoms with Gasteiger partial charge in [0, 0.05) is 11.8 Å². The number of aromatic nitrogens is 1. The van der Waals surface area contributed by atoms with E-state index in [1.165, 1.54) is 6.07 Å². The van der Waals surface area contributed by atoms with Gasteiger partial charge < -0.3 is 5.73 Å². The first kappa shape index (κ1) is 23.9. The number of carbonyl (C=O) groups excluding carboxylic acids is 3. The predicted octanol–water partition coefficient (Wildman–Crippen LogP) is 4.60. The maximum absolute atomic E-state index is 13.8. The SMILES string of the molecule is NC(=O)c1ccc2c(c1)C(=O)N([C@@H](c1ccc(C(F)(F)F)cc1)c1ncccc1C(F)(F)F)C2=O. The minimum atomic E-state index is -4.95. The van der Waals surface area contributed by atoms with E-state index < -0.39 is 52.9 Å². The van der Waals surface area contributed by atoms with Gasteiger partial charge in [-0.15, -0.1) is 0 Å². The fourth-order valence-corrected chi connectivity index (χ4v) is 3.81. The van der Waals surface area contributed by atoms with Gasteiger partial charge in [0.1, 0.15) is 6.04 Å². The normalized spacial score (nSPS) is 14.7. The number of hydrogen-bond acceptors (Lipinski definition) is 4. The number of alkyl halides is 6. The van der Waals surface area contributed by atoms with Gasteiger partial charge in [0.05, 0.1) is 27.9 Å². The molecule has 3 aromatic rings. The molecule has 0 spiro atoms. The number of halogens is 6. The van der Waals surface area contributed by atoms with Crippen molar-refractivity contribution in [2.45, 2.75) is 18.4 Å². The summed E-state index contributed by atoms with van der Waals surface area (Å²) < 4.78 is 80.6. The zero-order valence-corrected chi connectivity index (χ0v) is 17.3. The monoisotopic (exact) mass is 493 g/mol. The molecule has 1 aliphatic heterocycles. The zero-order chi connectivity index (χ0) is 25.7. The summed E-state index contributed by atoms with van der Waals surface area (Å²) in [5, 5.41) is 0. The average molecular weight is 493 g/mol. The van der Waals surface area contributed by atoms with Crippen molar-refractivity contribution in [3.63, 3.8) is 0 Å². The second-order valence-corrected chi connectivity index (χ2v) is 7.56. The highest BCUT2D eigenvalue weighted by Crippen LogP contribution is 2.41. The van der Waals surface area contributed by atoms with E-state index in [1.54, 1.807) is 0 Å². The van der Waals surface area contributed by atoms with Crippen molar-refractivity contribution in [1.82, 2.24) is 9.88 Å². The Morgan fingerprint density at radius 3 is 2.06 bits per heavy atom. The van der Waals surface area contributed by atoms with Crippen molar-refractivity contribution < 1.29 is 40.7 Å². The van der Waals surface area contributed by atoms with Gasteiger partial charge in [0.15, 0.2) is 0 Å². The van der Waals surface area contributed by atoms with E-state index in [1.807, 2.05) is 0 Å². The molecule has 1 atom stereocenters. The van der Waals surface area contributed by atoms with Crippen molar-refractivity contribution in [2.75, 3.05) is 0 Å². The number of fused-ring (bicyclic) bond motifs is 1. The van der Waals surface area contributed by atoms with E-state index in [9.17, 15) is 40.7 Å². The van der Waals surface area contributed by atoms with Gasteiger partial charge in [0.25, 0.3) is 11.8 Å². The molecule has 0 bridgehead atoms. The smallest absolute Gasteiger partial charge is 0.366 e. The maximum atomic E-state index is 13.8. The minimum absolute atomic E-state index is 0.119. The van der Waals surface area contributed by atoms with Crippen LogP contribution in [0.3, 0.4) is 0 Å². The summed E-state index contributed by atoms with van der Waals surface area (Å²) >= 11 is 0. The second-order valence-electron chi connectivity index (χ2n) is 7.56. The van der Waals surface area contributed by atoms with Gasteiger partial charge in [-0.25, -0.2) is 0 Å². The Morgan fingerprint density at radius 2 is 1.49 bits per heavy atom. The van der Waals surface area contributed by atoms with Crippen LogP contribution in [-0.2, 0) is 12.4 Å². The van der Waals surface area contributed by atoms with Crippen LogP contribution in [0.15, 0.2) is 60.8 Å². The van der Waals surface area contributed by atoms with Crippen molar-refractivity contribution >= 4 is 17.7 Å². The van der Waals surface area contributed by atoms with Gasteiger partial charge in [-0.05, 0) is 48.0 Å². The first-order valence-corrected chi connectivity index (χ1v) is 9.81. The third-order valence-electron chi connectivity index (χ3n) is 5.42. The van der Waals surface area contributed by atoms with Gasteiger partial charge in [0.2, 0.25) is 5.91 Å². The fraction of sp³-hybridized carbons (Fsp3) is 0.130. The van der Waals surface area contributed by atoms with E-state index in [4.69, 9.17) is 5.73 Å². The van der Waals surface area contributed by atoms with Crippen LogP contribution in [0, 0.1) is 0 Å². The Hall–Kier alpha value is -4.22. The number of nitrogens with two attached hydrogens (primary N) is 1. The largest absolute Gasteiger partial charge is 0.418 e. The first-order chi connectivity index (χ1) is 16.3. The highest BCUT2D eigenvalue weighted by molar-refractivity contribution is 6.22. The highest BCUT2D eigenvalue weighted by atomic mass is 19.4. The molecule has 0 aliphatic carbocycles. The summed E-state index contributed by atoms with van der Waals surface area (Å²) in [7, 11) is 0.